The van der Waals surface area contributed by atoms with E-state index in [0.717, 1.165) is 44.9 Å². The quantitative estimate of drug-likeness (QED) is 0.402. The molecule has 152 valence electrons. The summed E-state index contributed by atoms with van der Waals surface area (Å²) in [5.41, 5.74) is 0.644. The fourth-order valence-corrected chi connectivity index (χ4v) is 7.28. The van der Waals surface area contributed by atoms with Crippen molar-refractivity contribution in [3.05, 3.63) is 11.6 Å². The van der Waals surface area contributed by atoms with Crippen LogP contribution in [0.1, 0.15) is 72.1 Å². The molecule has 4 aliphatic carbocycles. The van der Waals surface area contributed by atoms with Crippen LogP contribution >= 0.6 is 0 Å². The molecule has 0 saturated heterocycles. The number of hydrogen-bond donors (Lipinski definition) is 0. The van der Waals surface area contributed by atoms with Crippen LogP contribution in [0.15, 0.2) is 11.6 Å². The number of carbonyl (C=O) groups excluding carboxylic acids is 2. The van der Waals surface area contributed by atoms with Gasteiger partial charge in [0, 0.05) is 19.3 Å². The maximum atomic E-state index is 11.8. The summed E-state index contributed by atoms with van der Waals surface area (Å²) < 4.78 is 11.3. The minimum absolute atomic E-state index is 0.0429. The molecular weight excluding hydrogens is 352 g/mol. The number of hydrogen-bond acceptors (Lipinski definition) is 4. The van der Waals surface area contributed by atoms with E-state index in [2.05, 4.69) is 18.9 Å². The van der Waals surface area contributed by atoms with Gasteiger partial charge in [0.1, 0.15) is 6.10 Å². The highest BCUT2D eigenvalue weighted by Crippen LogP contribution is 2.65. The monoisotopic (exact) mass is 384 g/mol. The molecule has 4 nitrogen and oxygen atoms in total. The maximum Gasteiger partial charge on any atom is 0.304 e. The minimum atomic E-state index is -0.739. The molecule has 3 fully saturated rings. The van der Waals surface area contributed by atoms with E-state index in [1.54, 1.807) is 0 Å². The molecule has 3 saturated carbocycles. The zero-order valence-corrected chi connectivity index (χ0v) is 17.3. The van der Waals surface area contributed by atoms with Crippen LogP contribution in [0.3, 0.4) is 0 Å². The largest absolute Gasteiger partial charge is 0.458 e. The lowest BCUT2D eigenvalue weighted by molar-refractivity contribution is -0.167. The van der Waals surface area contributed by atoms with Crippen LogP contribution < -0.4 is 0 Å². The van der Waals surface area contributed by atoms with Gasteiger partial charge in [-0.3, -0.25) is 9.59 Å². The molecule has 0 spiro atoms. The Morgan fingerprint density at radius 2 is 1.86 bits per heavy atom. The number of esters is 2. The van der Waals surface area contributed by atoms with Gasteiger partial charge in [-0.2, -0.15) is 0 Å². The third-order valence-electron chi connectivity index (χ3n) is 8.40. The lowest BCUT2D eigenvalue weighted by atomic mass is 9.50. The predicted octanol–water partition coefficient (Wildman–Crippen LogP) is 4.43. The van der Waals surface area contributed by atoms with Crippen molar-refractivity contribution in [2.75, 3.05) is 0 Å². The first-order valence-electron chi connectivity index (χ1n) is 10.8. The molecule has 0 aromatic carbocycles. The summed E-state index contributed by atoms with van der Waals surface area (Å²) in [5.74, 6) is 4.94. The Morgan fingerprint density at radius 1 is 1.07 bits per heavy atom. The van der Waals surface area contributed by atoms with Crippen molar-refractivity contribution in [1.29, 1.82) is 0 Å². The number of allylic oxidation sites excluding steroid dienone is 1. The molecule has 0 aromatic rings. The number of carbonyl (C=O) groups is 2. The average molecular weight is 385 g/mol. The lowest BCUT2D eigenvalue weighted by Gasteiger charge is -2.55. The van der Waals surface area contributed by atoms with E-state index in [-0.39, 0.29) is 23.5 Å². The van der Waals surface area contributed by atoms with Gasteiger partial charge in [-0.05, 0) is 81.1 Å². The number of terminal acetylenes is 1. The summed E-state index contributed by atoms with van der Waals surface area (Å²) in [7, 11) is 0. The molecule has 0 aliphatic heterocycles. The molecule has 0 bridgehead atoms. The highest BCUT2D eigenvalue weighted by Gasteiger charge is 2.64. The van der Waals surface area contributed by atoms with Crippen molar-refractivity contribution < 1.29 is 19.1 Å². The first-order chi connectivity index (χ1) is 13.3. The highest BCUT2D eigenvalue weighted by molar-refractivity contribution is 5.67. The first-order valence-corrected chi connectivity index (χ1v) is 10.8. The maximum absolute atomic E-state index is 11.8. The van der Waals surface area contributed by atoms with Gasteiger partial charge in [0.2, 0.25) is 0 Å². The summed E-state index contributed by atoms with van der Waals surface area (Å²) in [6, 6.07) is 0. The molecule has 4 aliphatic rings. The normalized spacial score (nSPS) is 44.2. The smallest absolute Gasteiger partial charge is 0.304 e. The van der Waals surface area contributed by atoms with E-state index >= 15 is 0 Å². The van der Waals surface area contributed by atoms with E-state index in [1.165, 1.54) is 25.8 Å². The standard InChI is InChI=1S/C24H32O4/c1-5-24(28-16(3)26)13-11-22-21-8-6-17-14-18(27-15(2)25)7-9-19(17)20(21)10-12-23(22,24)4/h1,14,18-22H,6-13H2,2-4H3/t18?,19-,20-,21+,22-,23-,24+/m0/s1. The molecule has 0 heterocycles. The van der Waals surface area contributed by atoms with Crippen LogP contribution in [0.4, 0.5) is 0 Å². The van der Waals surface area contributed by atoms with Gasteiger partial charge in [-0.25, -0.2) is 0 Å². The zero-order valence-electron chi connectivity index (χ0n) is 17.3. The van der Waals surface area contributed by atoms with Crippen LogP contribution in [0, 0.1) is 41.4 Å². The van der Waals surface area contributed by atoms with E-state index in [4.69, 9.17) is 15.9 Å². The highest BCUT2D eigenvalue weighted by atomic mass is 16.6. The Hall–Kier alpha value is -1.76. The third kappa shape index (κ3) is 2.90. The molecule has 1 unspecified atom stereocenters. The van der Waals surface area contributed by atoms with Gasteiger partial charge in [-0.1, -0.05) is 18.4 Å². The molecular formula is C24H32O4. The van der Waals surface area contributed by atoms with Gasteiger partial charge >= 0.3 is 11.9 Å². The second-order valence-corrected chi connectivity index (χ2v) is 9.61. The molecule has 0 N–H and O–H groups in total. The molecule has 4 heteroatoms. The SMILES string of the molecule is C#C[C@@]1(OC(C)=O)CC[C@H]2[C@@H]3CCC4=CC(OC(C)=O)CC[C@@H]4[C@@H]3CC[C@@]21C. The fraction of sp³-hybridized carbons (Fsp3) is 0.750. The van der Waals surface area contributed by atoms with Crippen molar-refractivity contribution in [3.63, 3.8) is 0 Å². The van der Waals surface area contributed by atoms with E-state index in [0.29, 0.717) is 23.7 Å². The van der Waals surface area contributed by atoms with Crippen molar-refractivity contribution in [2.24, 2.45) is 29.1 Å². The van der Waals surface area contributed by atoms with E-state index in [1.807, 2.05) is 0 Å². The van der Waals surface area contributed by atoms with Crippen LogP contribution in [0.5, 0.6) is 0 Å². The Labute approximate surface area is 168 Å². The molecule has 28 heavy (non-hydrogen) atoms. The summed E-state index contributed by atoms with van der Waals surface area (Å²) in [6.07, 6.45) is 16.5. The second-order valence-electron chi connectivity index (χ2n) is 9.61. The van der Waals surface area contributed by atoms with Gasteiger partial charge in [0.25, 0.3) is 0 Å². The van der Waals surface area contributed by atoms with Crippen molar-refractivity contribution in [3.8, 4) is 12.3 Å². The summed E-state index contributed by atoms with van der Waals surface area (Å²) in [6.45, 7) is 5.23. The Balaban J connectivity index is 1.57. The zero-order chi connectivity index (χ0) is 20.1. The molecule has 4 rings (SSSR count). The number of rotatable bonds is 2. The Kier molecular flexibility index (Phi) is 4.84. The van der Waals surface area contributed by atoms with Crippen molar-refractivity contribution in [2.45, 2.75) is 83.8 Å². The molecule has 0 radical (unpaired) electrons. The van der Waals surface area contributed by atoms with Crippen LogP contribution in [0.25, 0.3) is 0 Å². The Bertz CT molecular complexity index is 746. The second kappa shape index (κ2) is 6.94. The van der Waals surface area contributed by atoms with Crippen LogP contribution in [-0.2, 0) is 19.1 Å². The lowest BCUT2D eigenvalue weighted by Crippen LogP contribution is -2.53. The fourth-order valence-electron chi connectivity index (χ4n) is 7.28. The predicted molar refractivity (Wildman–Crippen MR) is 106 cm³/mol. The topological polar surface area (TPSA) is 52.6 Å². The van der Waals surface area contributed by atoms with Crippen molar-refractivity contribution >= 4 is 11.9 Å². The third-order valence-corrected chi connectivity index (χ3v) is 8.40. The molecule has 0 aromatic heterocycles. The van der Waals surface area contributed by atoms with Crippen molar-refractivity contribution in [1.82, 2.24) is 0 Å². The molecule has 7 atom stereocenters. The van der Waals surface area contributed by atoms with Gasteiger partial charge in [-0.15, -0.1) is 6.42 Å². The van der Waals surface area contributed by atoms with Gasteiger partial charge in [0.15, 0.2) is 5.60 Å². The average Bonchev–Trinajstić information content (AvgIpc) is 2.93. The van der Waals surface area contributed by atoms with E-state index < -0.39 is 5.60 Å². The van der Waals surface area contributed by atoms with E-state index in [9.17, 15) is 9.59 Å². The van der Waals surface area contributed by atoms with Gasteiger partial charge < -0.3 is 9.47 Å². The first kappa shape index (κ1) is 19.6. The summed E-state index contributed by atoms with van der Waals surface area (Å²) in [4.78, 5) is 23.1. The van der Waals surface area contributed by atoms with Crippen LogP contribution in [0.2, 0.25) is 0 Å². The van der Waals surface area contributed by atoms with Gasteiger partial charge in [0.05, 0.1) is 0 Å². The minimum Gasteiger partial charge on any atom is -0.458 e. The number of fused-ring (bicyclic) bond motifs is 5. The van der Waals surface area contributed by atoms with Crippen LogP contribution in [-0.4, -0.2) is 23.6 Å². The Morgan fingerprint density at radius 3 is 2.54 bits per heavy atom. The summed E-state index contributed by atoms with van der Waals surface area (Å²) in [5, 5.41) is 0. The molecule has 0 amide bonds. The number of ether oxygens (including phenoxy) is 2. The summed E-state index contributed by atoms with van der Waals surface area (Å²) >= 11 is 0.